The summed E-state index contributed by atoms with van der Waals surface area (Å²) in [6, 6.07) is 8.88. The van der Waals surface area contributed by atoms with Gasteiger partial charge in [0.05, 0.1) is 11.7 Å². The van der Waals surface area contributed by atoms with E-state index in [1.165, 1.54) is 12.1 Å². The number of fused-ring (bicyclic) bond motifs is 3. The molecule has 0 radical (unpaired) electrons. The van der Waals surface area contributed by atoms with Crippen LogP contribution in [0.4, 0.5) is 10.1 Å². The monoisotopic (exact) mass is 350 g/mol. The average Bonchev–Trinajstić information content (AvgIpc) is 3.34. The summed E-state index contributed by atoms with van der Waals surface area (Å²) in [5.74, 6) is 1.56. The van der Waals surface area contributed by atoms with Gasteiger partial charge in [0.15, 0.2) is 11.3 Å². The van der Waals surface area contributed by atoms with Crippen molar-refractivity contribution in [3.05, 3.63) is 54.4 Å². The number of halogens is 1. The van der Waals surface area contributed by atoms with Crippen LogP contribution < -0.4 is 5.32 Å². The summed E-state index contributed by atoms with van der Waals surface area (Å²) in [6.07, 6.45) is 5.65. The minimum atomic E-state index is -0.215. The normalized spacial score (nSPS) is 23.1. The molecule has 1 fully saturated rings. The summed E-state index contributed by atoms with van der Waals surface area (Å²) >= 11 is 0. The number of hydrogen-bond donors (Lipinski definition) is 2. The molecule has 0 amide bonds. The summed E-state index contributed by atoms with van der Waals surface area (Å²) in [7, 11) is 0. The lowest BCUT2D eigenvalue weighted by atomic mass is 9.97. The van der Waals surface area contributed by atoms with E-state index in [1.54, 1.807) is 18.3 Å². The maximum Gasteiger partial charge on any atom is 0.179 e. The molecule has 1 aliphatic carbocycles. The van der Waals surface area contributed by atoms with Crippen LogP contribution in [-0.4, -0.2) is 30.6 Å². The minimum Gasteiger partial charge on any atom is -0.382 e. The SMILES string of the molecule is C[C@@H]1C[C@H](Nc2ccc(F)cc2)C[C@@H]1c1nnc2cnc3[nH]ccc3n12. The number of rotatable bonds is 3. The van der Waals surface area contributed by atoms with E-state index < -0.39 is 0 Å². The van der Waals surface area contributed by atoms with E-state index in [-0.39, 0.29) is 5.82 Å². The van der Waals surface area contributed by atoms with Gasteiger partial charge in [0, 0.05) is 23.8 Å². The molecule has 6 nitrogen and oxygen atoms in total. The van der Waals surface area contributed by atoms with Crippen LogP contribution in [0.5, 0.6) is 0 Å². The van der Waals surface area contributed by atoms with Crippen molar-refractivity contribution >= 4 is 22.5 Å². The third kappa shape index (κ3) is 2.42. The zero-order valence-corrected chi connectivity index (χ0v) is 14.4. The second-order valence-corrected chi connectivity index (χ2v) is 7.12. The molecular formula is C19H19FN6. The van der Waals surface area contributed by atoms with Crippen molar-refractivity contribution in [3.63, 3.8) is 0 Å². The standard InChI is InChI=1S/C19H19FN6/c1-11-8-14(23-13-4-2-12(20)3-5-13)9-15(11)19-25-24-17-10-22-18-16(26(17)19)6-7-21-18/h2-7,10-11,14-15,21,23H,8-9H2,1H3/t11-,14+,15+/m1/s1. The summed E-state index contributed by atoms with van der Waals surface area (Å²) in [4.78, 5) is 7.53. The molecule has 2 N–H and O–H groups in total. The molecule has 5 rings (SSSR count). The Bertz CT molecular complexity index is 1070. The highest BCUT2D eigenvalue weighted by atomic mass is 19.1. The van der Waals surface area contributed by atoms with E-state index >= 15 is 0 Å². The lowest BCUT2D eigenvalue weighted by molar-refractivity contribution is 0.507. The zero-order chi connectivity index (χ0) is 17.7. The first-order valence-corrected chi connectivity index (χ1v) is 8.88. The number of nitrogens with one attached hydrogen (secondary N) is 2. The van der Waals surface area contributed by atoms with Gasteiger partial charge in [-0.3, -0.25) is 4.40 Å². The van der Waals surface area contributed by atoms with Gasteiger partial charge in [-0.25, -0.2) is 9.37 Å². The van der Waals surface area contributed by atoms with Crippen LogP contribution in [0.1, 0.15) is 31.5 Å². The van der Waals surface area contributed by atoms with Crippen molar-refractivity contribution in [2.75, 3.05) is 5.32 Å². The van der Waals surface area contributed by atoms with Gasteiger partial charge in [0.1, 0.15) is 11.6 Å². The first-order valence-electron chi connectivity index (χ1n) is 8.88. The number of H-pyrrole nitrogens is 1. The molecule has 3 atom stereocenters. The van der Waals surface area contributed by atoms with Crippen molar-refractivity contribution in [1.29, 1.82) is 0 Å². The molecule has 3 aromatic heterocycles. The molecule has 3 heterocycles. The van der Waals surface area contributed by atoms with Gasteiger partial charge in [-0.1, -0.05) is 6.92 Å². The van der Waals surface area contributed by atoms with Crippen LogP contribution in [-0.2, 0) is 0 Å². The summed E-state index contributed by atoms with van der Waals surface area (Å²) in [5, 5.41) is 12.3. The van der Waals surface area contributed by atoms with E-state index in [2.05, 4.69) is 36.8 Å². The predicted octanol–water partition coefficient (Wildman–Crippen LogP) is 3.74. The molecule has 0 saturated heterocycles. The van der Waals surface area contributed by atoms with Crippen LogP contribution in [0.3, 0.4) is 0 Å². The van der Waals surface area contributed by atoms with Gasteiger partial charge in [-0.15, -0.1) is 10.2 Å². The molecule has 132 valence electrons. The van der Waals surface area contributed by atoms with E-state index in [1.807, 2.05) is 12.3 Å². The molecule has 1 aliphatic rings. The zero-order valence-electron chi connectivity index (χ0n) is 14.4. The molecule has 7 heteroatoms. The molecule has 26 heavy (non-hydrogen) atoms. The van der Waals surface area contributed by atoms with Crippen molar-refractivity contribution < 1.29 is 4.39 Å². The summed E-state index contributed by atoms with van der Waals surface area (Å²) < 4.78 is 15.2. The number of hydrogen-bond acceptors (Lipinski definition) is 4. The van der Waals surface area contributed by atoms with Crippen LogP contribution in [0.15, 0.2) is 42.7 Å². The Hall–Kier alpha value is -2.96. The number of anilines is 1. The van der Waals surface area contributed by atoms with E-state index in [9.17, 15) is 4.39 Å². The molecule has 0 aliphatic heterocycles. The van der Waals surface area contributed by atoms with Crippen molar-refractivity contribution in [2.45, 2.75) is 31.7 Å². The predicted molar refractivity (Wildman–Crippen MR) is 97.6 cm³/mol. The Morgan fingerprint density at radius 2 is 2.00 bits per heavy atom. The van der Waals surface area contributed by atoms with E-state index in [0.717, 1.165) is 41.2 Å². The lowest BCUT2D eigenvalue weighted by Crippen LogP contribution is -2.15. The molecular weight excluding hydrogens is 331 g/mol. The molecule has 0 unspecified atom stereocenters. The fourth-order valence-corrected chi connectivity index (χ4v) is 4.15. The first kappa shape index (κ1) is 15.3. The molecule has 1 aromatic carbocycles. The molecule has 0 spiro atoms. The van der Waals surface area contributed by atoms with E-state index in [0.29, 0.717) is 17.9 Å². The van der Waals surface area contributed by atoms with Gasteiger partial charge >= 0.3 is 0 Å². The van der Waals surface area contributed by atoms with Crippen molar-refractivity contribution in [1.82, 2.24) is 24.6 Å². The Morgan fingerprint density at radius 1 is 1.15 bits per heavy atom. The Labute approximate surface area is 149 Å². The van der Waals surface area contributed by atoms with Gasteiger partial charge in [-0.05, 0) is 49.1 Å². The molecule has 0 bridgehead atoms. The van der Waals surface area contributed by atoms with Gasteiger partial charge in [0.2, 0.25) is 0 Å². The second kappa shape index (κ2) is 5.79. The van der Waals surface area contributed by atoms with Crippen LogP contribution in [0.25, 0.3) is 16.8 Å². The largest absolute Gasteiger partial charge is 0.382 e. The molecule has 1 saturated carbocycles. The molecule has 4 aromatic rings. The van der Waals surface area contributed by atoms with Crippen molar-refractivity contribution in [3.8, 4) is 0 Å². The van der Waals surface area contributed by atoms with Gasteiger partial charge in [-0.2, -0.15) is 0 Å². The fraction of sp³-hybridized carbons (Fsp3) is 0.316. The third-order valence-electron chi connectivity index (χ3n) is 5.40. The average molecular weight is 350 g/mol. The van der Waals surface area contributed by atoms with E-state index in [4.69, 9.17) is 0 Å². The Kier molecular flexibility index (Phi) is 3.41. The van der Waals surface area contributed by atoms with Crippen molar-refractivity contribution in [2.24, 2.45) is 5.92 Å². The number of aromatic nitrogens is 5. The minimum absolute atomic E-state index is 0.215. The van der Waals surface area contributed by atoms with Crippen LogP contribution in [0, 0.1) is 11.7 Å². The van der Waals surface area contributed by atoms with Crippen LogP contribution >= 0.6 is 0 Å². The number of aromatic amines is 1. The highest BCUT2D eigenvalue weighted by Crippen LogP contribution is 2.40. The topological polar surface area (TPSA) is 70.9 Å². The number of benzene rings is 1. The smallest absolute Gasteiger partial charge is 0.179 e. The maximum absolute atomic E-state index is 13.1. The van der Waals surface area contributed by atoms with Gasteiger partial charge < -0.3 is 10.3 Å². The Balaban J connectivity index is 1.46. The Morgan fingerprint density at radius 3 is 2.85 bits per heavy atom. The quantitative estimate of drug-likeness (QED) is 0.590. The third-order valence-corrected chi connectivity index (χ3v) is 5.40. The summed E-state index contributed by atoms with van der Waals surface area (Å²) in [5.41, 5.74) is 3.57. The highest BCUT2D eigenvalue weighted by Gasteiger charge is 2.35. The van der Waals surface area contributed by atoms with Gasteiger partial charge in [0.25, 0.3) is 0 Å². The second-order valence-electron chi connectivity index (χ2n) is 7.12. The maximum atomic E-state index is 13.1. The lowest BCUT2D eigenvalue weighted by Gasteiger charge is -2.14. The van der Waals surface area contributed by atoms with Crippen LogP contribution in [0.2, 0.25) is 0 Å². The first-order chi connectivity index (χ1) is 12.7. The highest BCUT2D eigenvalue weighted by molar-refractivity contribution is 5.74. The summed E-state index contributed by atoms with van der Waals surface area (Å²) in [6.45, 7) is 2.26. The number of nitrogens with zero attached hydrogens (tertiary/aromatic N) is 4. The fourth-order valence-electron chi connectivity index (χ4n) is 4.15.